The molecule has 1 unspecified atom stereocenters. The van der Waals surface area contributed by atoms with Gasteiger partial charge in [-0.15, -0.1) is 0 Å². The number of carbonyl (C=O) groups excluding carboxylic acids is 1. The molecule has 1 heterocycles. The van der Waals surface area contributed by atoms with Gasteiger partial charge < -0.3 is 10.2 Å². The lowest BCUT2D eigenvalue weighted by Crippen LogP contribution is -2.49. The normalized spacial score (nSPS) is 16.2. The zero-order valence-electron chi connectivity index (χ0n) is 17.0. The molecule has 1 aliphatic rings. The Hall–Kier alpha value is -2.33. The van der Waals surface area contributed by atoms with Gasteiger partial charge >= 0.3 is 0 Å². The summed E-state index contributed by atoms with van der Waals surface area (Å²) in [6.07, 6.45) is 0. The summed E-state index contributed by atoms with van der Waals surface area (Å²) in [5.41, 5.74) is 6.40. The van der Waals surface area contributed by atoms with E-state index >= 15 is 0 Å². The van der Waals surface area contributed by atoms with Crippen molar-refractivity contribution in [1.82, 2.24) is 10.2 Å². The maximum absolute atomic E-state index is 12.4. The number of piperazine rings is 1. The van der Waals surface area contributed by atoms with Crippen molar-refractivity contribution in [3.05, 3.63) is 64.7 Å². The largest absolute Gasteiger partial charge is 0.369 e. The minimum absolute atomic E-state index is 0.0364. The number of anilines is 1. The molecule has 0 bridgehead atoms. The minimum atomic E-state index is 0.0364. The van der Waals surface area contributed by atoms with E-state index in [0.717, 1.165) is 31.7 Å². The maximum atomic E-state index is 12.4. The quantitative estimate of drug-likeness (QED) is 0.879. The standard InChI is InChI=1S/C23H31N3O/c1-17-8-10-21(11-9-17)20(4)24-23(27)16-25-12-14-26(15-13-25)22-7-5-6-18(2)19(22)3/h5-11,20H,12-16H2,1-4H3,(H,24,27). The van der Waals surface area contributed by atoms with Crippen molar-refractivity contribution in [2.45, 2.75) is 33.7 Å². The van der Waals surface area contributed by atoms with Gasteiger partial charge in [0.1, 0.15) is 0 Å². The smallest absolute Gasteiger partial charge is 0.234 e. The van der Waals surface area contributed by atoms with Crippen LogP contribution in [-0.4, -0.2) is 43.5 Å². The Kier molecular flexibility index (Phi) is 6.17. The molecule has 2 aromatic carbocycles. The maximum Gasteiger partial charge on any atom is 0.234 e. The fourth-order valence-electron chi connectivity index (χ4n) is 3.65. The summed E-state index contributed by atoms with van der Waals surface area (Å²) in [6, 6.07) is 14.9. The predicted molar refractivity (Wildman–Crippen MR) is 112 cm³/mol. The molecule has 144 valence electrons. The topological polar surface area (TPSA) is 35.6 Å². The van der Waals surface area contributed by atoms with Gasteiger partial charge in [-0.05, 0) is 50.5 Å². The predicted octanol–water partition coefficient (Wildman–Crippen LogP) is 3.61. The number of aryl methyl sites for hydroxylation is 2. The van der Waals surface area contributed by atoms with Crippen LogP contribution >= 0.6 is 0 Å². The van der Waals surface area contributed by atoms with Gasteiger partial charge in [0, 0.05) is 31.9 Å². The highest BCUT2D eigenvalue weighted by Gasteiger charge is 2.21. The van der Waals surface area contributed by atoms with E-state index in [9.17, 15) is 4.79 Å². The van der Waals surface area contributed by atoms with Crippen LogP contribution in [0.4, 0.5) is 5.69 Å². The second-order valence-corrected chi connectivity index (χ2v) is 7.68. The molecular weight excluding hydrogens is 334 g/mol. The van der Waals surface area contributed by atoms with Crippen LogP contribution in [0.2, 0.25) is 0 Å². The van der Waals surface area contributed by atoms with Crippen LogP contribution in [0.25, 0.3) is 0 Å². The SMILES string of the molecule is Cc1ccc(C(C)NC(=O)CN2CCN(c3cccc(C)c3C)CC2)cc1. The fourth-order valence-corrected chi connectivity index (χ4v) is 3.65. The Morgan fingerprint density at radius 2 is 1.67 bits per heavy atom. The second kappa shape index (κ2) is 8.57. The van der Waals surface area contributed by atoms with Crippen LogP contribution < -0.4 is 10.2 Å². The Labute approximate surface area is 163 Å². The third-order valence-electron chi connectivity index (χ3n) is 5.61. The van der Waals surface area contributed by atoms with Gasteiger partial charge in [-0.25, -0.2) is 0 Å². The molecule has 1 aliphatic heterocycles. The molecule has 1 atom stereocenters. The molecule has 0 saturated carbocycles. The van der Waals surface area contributed by atoms with E-state index in [4.69, 9.17) is 0 Å². The zero-order chi connectivity index (χ0) is 19.4. The first-order valence-corrected chi connectivity index (χ1v) is 9.83. The number of rotatable bonds is 5. The molecule has 3 rings (SSSR count). The molecule has 1 saturated heterocycles. The van der Waals surface area contributed by atoms with E-state index in [2.05, 4.69) is 78.4 Å². The van der Waals surface area contributed by atoms with Gasteiger partial charge in [0.15, 0.2) is 0 Å². The molecule has 4 heteroatoms. The second-order valence-electron chi connectivity index (χ2n) is 7.68. The van der Waals surface area contributed by atoms with Crippen LogP contribution in [0.5, 0.6) is 0 Å². The number of hydrogen-bond donors (Lipinski definition) is 1. The molecule has 27 heavy (non-hydrogen) atoms. The lowest BCUT2D eigenvalue weighted by atomic mass is 10.1. The molecular formula is C23H31N3O. The van der Waals surface area contributed by atoms with Gasteiger partial charge in [0.25, 0.3) is 0 Å². The van der Waals surface area contributed by atoms with E-state index in [1.807, 2.05) is 6.92 Å². The average Bonchev–Trinajstić information content (AvgIpc) is 2.65. The Morgan fingerprint density at radius 3 is 2.33 bits per heavy atom. The van der Waals surface area contributed by atoms with Crippen molar-refractivity contribution in [1.29, 1.82) is 0 Å². The number of carbonyl (C=O) groups is 1. The van der Waals surface area contributed by atoms with Crippen LogP contribution in [-0.2, 0) is 4.79 Å². The minimum Gasteiger partial charge on any atom is -0.369 e. The molecule has 0 aromatic heterocycles. The summed E-state index contributed by atoms with van der Waals surface area (Å²) in [5.74, 6) is 0.100. The summed E-state index contributed by atoms with van der Waals surface area (Å²) in [7, 11) is 0. The lowest BCUT2D eigenvalue weighted by Gasteiger charge is -2.36. The van der Waals surface area contributed by atoms with Crippen molar-refractivity contribution >= 4 is 11.6 Å². The summed E-state index contributed by atoms with van der Waals surface area (Å²) in [5, 5.41) is 3.13. The van der Waals surface area contributed by atoms with Crippen molar-refractivity contribution in [2.75, 3.05) is 37.6 Å². The molecule has 0 spiro atoms. The van der Waals surface area contributed by atoms with Crippen molar-refractivity contribution in [2.24, 2.45) is 0 Å². The Bertz CT molecular complexity index is 777. The van der Waals surface area contributed by atoms with E-state index in [1.165, 1.54) is 22.4 Å². The highest BCUT2D eigenvalue weighted by Crippen LogP contribution is 2.23. The van der Waals surface area contributed by atoms with E-state index < -0.39 is 0 Å². The molecule has 0 radical (unpaired) electrons. The van der Waals surface area contributed by atoms with Gasteiger partial charge in [-0.3, -0.25) is 9.69 Å². The number of nitrogens with zero attached hydrogens (tertiary/aromatic N) is 2. The number of hydrogen-bond acceptors (Lipinski definition) is 3. The summed E-state index contributed by atoms with van der Waals surface area (Å²) < 4.78 is 0. The monoisotopic (exact) mass is 365 g/mol. The van der Waals surface area contributed by atoms with Gasteiger partial charge in [0.2, 0.25) is 5.91 Å². The summed E-state index contributed by atoms with van der Waals surface area (Å²) in [4.78, 5) is 17.1. The number of amides is 1. The van der Waals surface area contributed by atoms with Crippen LogP contribution in [0, 0.1) is 20.8 Å². The average molecular weight is 366 g/mol. The molecule has 1 amide bonds. The van der Waals surface area contributed by atoms with Crippen molar-refractivity contribution in [3.63, 3.8) is 0 Å². The number of nitrogens with one attached hydrogen (secondary N) is 1. The summed E-state index contributed by atoms with van der Waals surface area (Å²) in [6.45, 7) is 12.7. The van der Waals surface area contributed by atoms with Gasteiger partial charge in [-0.2, -0.15) is 0 Å². The molecule has 0 aliphatic carbocycles. The molecule has 1 N–H and O–H groups in total. The van der Waals surface area contributed by atoms with E-state index in [0.29, 0.717) is 6.54 Å². The molecule has 1 fully saturated rings. The van der Waals surface area contributed by atoms with E-state index in [-0.39, 0.29) is 11.9 Å². The molecule has 4 nitrogen and oxygen atoms in total. The van der Waals surface area contributed by atoms with Gasteiger partial charge in [0.05, 0.1) is 12.6 Å². The highest BCUT2D eigenvalue weighted by atomic mass is 16.2. The van der Waals surface area contributed by atoms with Crippen molar-refractivity contribution in [3.8, 4) is 0 Å². The van der Waals surface area contributed by atoms with Crippen LogP contribution in [0.1, 0.15) is 35.2 Å². The molecule has 2 aromatic rings. The first-order valence-electron chi connectivity index (χ1n) is 9.83. The van der Waals surface area contributed by atoms with Crippen LogP contribution in [0.3, 0.4) is 0 Å². The summed E-state index contributed by atoms with van der Waals surface area (Å²) >= 11 is 0. The zero-order valence-corrected chi connectivity index (χ0v) is 17.0. The first kappa shape index (κ1) is 19.4. The Morgan fingerprint density at radius 1 is 1.00 bits per heavy atom. The van der Waals surface area contributed by atoms with Crippen molar-refractivity contribution < 1.29 is 4.79 Å². The Balaban J connectivity index is 1.49. The van der Waals surface area contributed by atoms with Crippen LogP contribution in [0.15, 0.2) is 42.5 Å². The first-order chi connectivity index (χ1) is 12.9. The highest BCUT2D eigenvalue weighted by molar-refractivity contribution is 5.78. The lowest BCUT2D eigenvalue weighted by molar-refractivity contribution is -0.123. The third kappa shape index (κ3) is 4.89. The van der Waals surface area contributed by atoms with E-state index in [1.54, 1.807) is 0 Å². The number of benzene rings is 2. The third-order valence-corrected chi connectivity index (χ3v) is 5.61. The van der Waals surface area contributed by atoms with Gasteiger partial charge in [-0.1, -0.05) is 42.0 Å². The fraction of sp³-hybridized carbons (Fsp3) is 0.435.